The smallest absolute Gasteiger partial charge is 0.242 e. The monoisotopic (exact) mass is 474 g/mol. The molecule has 3 aromatic rings. The SMILES string of the molecule is CN(C)S(=O)(=O)c1ccc(C(=O)CSc2nnc([C@H]3COc4ccccc4O3)n2C)cc1. The number of Topliss-reactive ketones (excluding diaryl/α,β-unsaturated/α-hetero) is 1. The van der Waals surface area contributed by atoms with E-state index in [0.717, 1.165) is 4.31 Å². The number of nitrogens with zero attached hydrogens (tertiary/aromatic N) is 4. The molecule has 0 spiro atoms. The molecular weight excluding hydrogens is 452 g/mol. The average molecular weight is 475 g/mol. The maximum absolute atomic E-state index is 12.6. The predicted octanol–water partition coefficient (Wildman–Crippen LogP) is 2.55. The molecule has 2 heterocycles. The summed E-state index contributed by atoms with van der Waals surface area (Å²) >= 11 is 1.25. The molecule has 32 heavy (non-hydrogen) atoms. The first kappa shape index (κ1) is 22.3. The van der Waals surface area contributed by atoms with Gasteiger partial charge in [0.15, 0.2) is 34.4 Å². The molecule has 0 aliphatic carbocycles. The largest absolute Gasteiger partial charge is 0.485 e. The number of hydrogen-bond donors (Lipinski definition) is 0. The number of benzene rings is 2. The molecule has 11 heteroatoms. The highest BCUT2D eigenvalue weighted by Crippen LogP contribution is 2.35. The van der Waals surface area contributed by atoms with Crippen molar-refractivity contribution in [2.24, 2.45) is 7.05 Å². The van der Waals surface area contributed by atoms with E-state index in [-0.39, 0.29) is 16.4 Å². The Balaban J connectivity index is 1.41. The molecule has 2 aromatic carbocycles. The van der Waals surface area contributed by atoms with Crippen LogP contribution in [0.5, 0.6) is 11.5 Å². The summed E-state index contributed by atoms with van der Waals surface area (Å²) in [5.41, 5.74) is 0.429. The van der Waals surface area contributed by atoms with Crippen molar-refractivity contribution in [3.05, 3.63) is 59.9 Å². The molecule has 0 saturated heterocycles. The van der Waals surface area contributed by atoms with Crippen molar-refractivity contribution in [1.29, 1.82) is 0 Å². The highest BCUT2D eigenvalue weighted by molar-refractivity contribution is 7.99. The Morgan fingerprint density at radius 3 is 2.50 bits per heavy atom. The van der Waals surface area contributed by atoms with Gasteiger partial charge in [-0.05, 0) is 24.3 Å². The van der Waals surface area contributed by atoms with Gasteiger partial charge < -0.3 is 14.0 Å². The Kier molecular flexibility index (Phi) is 6.22. The van der Waals surface area contributed by atoms with Crippen LogP contribution in [0.2, 0.25) is 0 Å². The predicted molar refractivity (Wildman–Crippen MR) is 119 cm³/mol. The Morgan fingerprint density at radius 2 is 1.81 bits per heavy atom. The quantitative estimate of drug-likeness (QED) is 0.380. The Hall–Kier alpha value is -2.89. The Morgan fingerprint density at radius 1 is 1.12 bits per heavy atom. The highest BCUT2D eigenvalue weighted by Gasteiger charge is 2.27. The molecular formula is C21H22N4O5S2. The van der Waals surface area contributed by atoms with Crippen LogP contribution in [-0.2, 0) is 17.1 Å². The fourth-order valence-corrected chi connectivity index (χ4v) is 4.83. The summed E-state index contributed by atoms with van der Waals surface area (Å²) in [4.78, 5) is 12.7. The van der Waals surface area contributed by atoms with E-state index in [4.69, 9.17) is 9.47 Å². The topological polar surface area (TPSA) is 104 Å². The third-order valence-corrected chi connectivity index (χ3v) is 7.80. The first-order chi connectivity index (χ1) is 15.3. The number of hydrogen-bond acceptors (Lipinski definition) is 8. The molecule has 0 amide bonds. The number of ketones is 1. The summed E-state index contributed by atoms with van der Waals surface area (Å²) < 4.78 is 39.0. The van der Waals surface area contributed by atoms with Crippen LogP contribution in [0, 0.1) is 0 Å². The van der Waals surface area contributed by atoms with Crippen molar-refractivity contribution in [2.45, 2.75) is 16.2 Å². The van der Waals surface area contributed by atoms with E-state index >= 15 is 0 Å². The second-order valence-electron chi connectivity index (χ2n) is 7.29. The fourth-order valence-electron chi connectivity index (χ4n) is 3.12. The fraction of sp³-hybridized carbons (Fsp3) is 0.286. The van der Waals surface area contributed by atoms with Crippen molar-refractivity contribution in [3.63, 3.8) is 0 Å². The van der Waals surface area contributed by atoms with Gasteiger partial charge in [0.2, 0.25) is 10.0 Å². The lowest BCUT2D eigenvalue weighted by Gasteiger charge is -2.25. The van der Waals surface area contributed by atoms with E-state index in [0.29, 0.717) is 34.7 Å². The number of ether oxygens (including phenoxy) is 2. The van der Waals surface area contributed by atoms with Crippen molar-refractivity contribution in [3.8, 4) is 11.5 Å². The van der Waals surface area contributed by atoms with Gasteiger partial charge in [-0.1, -0.05) is 36.0 Å². The van der Waals surface area contributed by atoms with Crippen LogP contribution in [0.1, 0.15) is 22.3 Å². The maximum Gasteiger partial charge on any atom is 0.242 e. The van der Waals surface area contributed by atoms with Crippen LogP contribution in [0.25, 0.3) is 0 Å². The molecule has 1 atom stereocenters. The lowest BCUT2D eigenvalue weighted by atomic mass is 10.1. The van der Waals surface area contributed by atoms with Crippen molar-refractivity contribution >= 4 is 27.6 Å². The minimum Gasteiger partial charge on any atom is -0.485 e. The molecule has 168 valence electrons. The summed E-state index contributed by atoms with van der Waals surface area (Å²) in [6, 6.07) is 13.3. The maximum atomic E-state index is 12.6. The van der Waals surface area contributed by atoms with Gasteiger partial charge in [0.05, 0.1) is 10.6 Å². The van der Waals surface area contributed by atoms with Crippen LogP contribution in [0.4, 0.5) is 0 Å². The van der Waals surface area contributed by atoms with Gasteiger partial charge in [-0.25, -0.2) is 12.7 Å². The van der Waals surface area contributed by atoms with Crippen molar-refractivity contribution in [2.75, 3.05) is 26.5 Å². The van der Waals surface area contributed by atoms with Gasteiger partial charge in [0.1, 0.15) is 6.61 Å². The number of rotatable bonds is 7. The first-order valence-corrected chi connectivity index (χ1v) is 12.2. The molecule has 9 nitrogen and oxygen atoms in total. The van der Waals surface area contributed by atoms with Crippen LogP contribution < -0.4 is 9.47 Å². The molecule has 0 fully saturated rings. The van der Waals surface area contributed by atoms with E-state index in [1.54, 1.807) is 4.57 Å². The third kappa shape index (κ3) is 4.36. The molecule has 0 saturated carbocycles. The molecule has 1 aliphatic heterocycles. The number of carbonyl (C=O) groups is 1. The van der Waals surface area contributed by atoms with Crippen LogP contribution in [0.3, 0.4) is 0 Å². The summed E-state index contributed by atoms with van der Waals surface area (Å²) in [6.45, 7) is 0.314. The first-order valence-electron chi connectivity index (χ1n) is 9.73. The number of aromatic nitrogens is 3. The number of carbonyl (C=O) groups excluding carboxylic acids is 1. The Bertz CT molecular complexity index is 1240. The number of para-hydroxylation sites is 2. The van der Waals surface area contributed by atoms with Crippen LogP contribution in [-0.4, -0.2) is 59.7 Å². The summed E-state index contributed by atoms with van der Waals surface area (Å²) in [7, 11) is 1.20. The minimum absolute atomic E-state index is 0.136. The molecule has 1 aliphatic rings. The second kappa shape index (κ2) is 8.93. The average Bonchev–Trinajstić information content (AvgIpc) is 3.17. The van der Waals surface area contributed by atoms with Crippen LogP contribution >= 0.6 is 11.8 Å². The van der Waals surface area contributed by atoms with E-state index in [9.17, 15) is 13.2 Å². The van der Waals surface area contributed by atoms with E-state index < -0.39 is 16.1 Å². The molecule has 1 aromatic heterocycles. The van der Waals surface area contributed by atoms with Gasteiger partial charge in [-0.3, -0.25) is 4.79 Å². The molecule has 0 N–H and O–H groups in total. The minimum atomic E-state index is -3.53. The second-order valence-corrected chi connectivity index (χ2v) is 10.4. The van der Waals surface area contributed by atoms with Gasteiger partial charge in [-0.2, -0.15) is 0 Å². The zero-order valence-corrected chi connectivity index (χ0v) is 19.4. The summed E-state index contributed by atoms with van der Waals surface area (Å²) in [6.07, 6.45) is -0.404. The zero-order valence-electron chi connectivity index (χ0n) is 17.8. The van der Waals surface area contributed by atoms with E-state index in [1.807, 2.05) is 31.3 Å². The summed E-state index contributed by atoms with van der Waals surface area (Å²) in [5, 5.41) is 8.98. The standard InChI is InChI=1S/C21H22N4O5S2/c1-24(2)32(27,28)15-10-8-14(9-11-15)16(26)13-31-21-23-22-20(25(21)3)19-12-29-17-6-4-5-7-18(17)30-19/h4-11,19H,12-13H2,1-3H3/t19-/m1/s1. The molecule has 0 bridgehead atoms. The third-order valence-electron chi connectivity index (χ3n) is 4.95. The van der Waals surface area contributed by atoms with Gasteiger partial charge in [0, 0.05) is 26.7 Å². The lowest BCUT2D eigenvalue weighted by molar-refractivity contribution is 0.0825. The van der Waals surface area contributed by atoms with Gasteiger partial charge >= 0.3 is 0 Å². The van der Waals surface area contributed by atoms with Crippen molar-refractivity contribution in [1.82, 2.24) is 19.1 Å². The van der Waals surface area contributed by atoms with E-state index in [2.05, 4.69) is 10.2 Å². The molecule has 0 radical (unpaired) electrons. The van der Waals surface area contributed by atoms with Gasteiger partial charge in [0.25, 0.3) is 0 Å². The zero-order chi connectivity index (χ0) is 22.9. The number of thioether (sulfide) groups is 1. The normalized spacial score (nSPS) is 15.7. The number of fused-ring (bicyclic) bond motifs is 1. The van der Waals surface area contributed by atoms with Gasteiger partial charge in [-0.15, -0.1) is 10.2 Å². The Labute approximate surface area is 190 Å². The molecule has 0 unspecified atom stereocenters. The van der Waals surface area contributed by atoms with Crippen molar-refractivity contribution < 1.29 is 22.7 Å². The van der Waals surface area contributed by atoms with Crippen LogP contribution in [0.15, 0.2) is 58.6 Å². The highest BCUT2D eigenvalue weighted by atomic mass is 32.2. The summed E-state index contributed by atoms with van der Waals surface area (Å²) in [5.74, 6) is 1.94. The van der Waals surface area contributed by atoms with E-state index in [1.165, 1.54) is 50.1 Å². The number of sulfonamides is 1. The molecule has 4 rings (SSSR count). The lowest BCUT2D eigenvalue weighted by Crippen LogP contribution is -2.24.